The summed E-state index contributed by atoms with van der Waals surface area (Å²) in [7, 11) is 0. The lowest BCUT2D eigenvalue weighted by Gasteiger charge is -2.03. The monoisotopic (exact) mass is 332 g/mol. The van der Waals surface area contributed by atoms with Crippen LogP contribution in [0.1, 0.15) is 20.7 Å². The summed E-state index contributed by atoms with van der Waals surface area (Å²) in [5.74, 6) is -2.31. The van der Waals surface area contributed by atoms with Crippen LogP contribution in [0.25, 0.3) is 0 Å². The fourth-order valence-electron chi connectivity index (χ4n) is 1.69. The van der Waals surface area contributed by atoms with E-state index in [2.05, 4.69) is 9.78 Å². The molecule has 0 aliphatic heterocycles. The van der Waals surface area contributed by atoms with Gasteiger partial charge in [0.1, 0.15) is 5.56 Å². The van der Waals surface area contributed by atoms with Gasteiger partial charge in [-0.15, -0.1) is 0 Å². The van der Waals surface area contributed by atoms with E-state index in [0.29, 0.717) is 0 Å². The van der Waals surface area contributed by atoms with E-state index in [-0.39, 0.29) is 16.8 Å². The standard InChI is InChI=1S/C14H8N2O8/c17-13(9-5-7-10(8-6-9)15(19)20)23-24-14(18)11-3-1-2-4-12(11)16(21)22/h1-8H. The Bertz CT molecular complexity index is 816. The Labute approximate surface area is 133 Å². The van der Waals surface area contributed by atoms with Crippen LogP contribution >= 0.6 is 0 Å². The number of rotatable bonds is 4. The second-order valence-electron chi connectivity index (χ2n) is 4.32. The van der Waals surface area contributed by atoms with Crippen molar-refractivity contribution in [3.63, 3.8) is 0 Å². The van der Waals surface area contributed by atoms with Gasteiger partial charge >= 0.3 is 11.9 Å². The summed E-state index contributed by atoms with van der Waals surface area (Å²) in [6.45, 7) is 0. The van der Waals surface area contributed by atoms with E-state index in [1.807, 2.05) is 0 Å². The molecular weight excluding hydrogens is 324 g/mol. The quantitative estimate of drug-likeness (QED) is 0.472. The Kier molecular flexibility index (Phi) is 4.80. The third-order valence-corrected chi connectivity index (χ3v) is 2.83. The second-order valence-corrected chi connectivity index (χ2v) is 4.32. The zero-order chi connectivity index (χ0) is 17.7. The van der Waals surface area contributed by atoms with Gasteiger partial charge in [-0.25, -0.2) is 19.4 Å². The van der Waals surface area contributed by atoms with Crippen molar-refractivity contribution >= 4 is 23.3 Å². The molecule has 10 heteroatoms. The molecule has 0 saturated carbocycles. The van der Waals surface area contributed by atoms with E-state index in [1.54, 1.807) is 0 Å². The van der Waals surface area contributed by atoms with Gasteiger partial charge in [-0.05, 0) is 18.2 Å². The predicted octanol–water partition coefficient (Wildman–Crippen LogP) is 2.43. The van der Waals surface area contributed by atoms with E-state index in [9.17, 15) is 29.8 Å². The maximum absolute atomic E-state index is 11.8. The molecule has 2 aromatic carbocycles. The number of non-ortho nitro benzene ring substituents is 1. The highest BCUT2D eigenvalue weighted by molar-refractivity contribution is 5.95. The molecule has 24 heavy (non-hydrogen) atoms. The van der Waals surface area contributed by atoms with E-state index >= 15 is 0 Å². The molecule has 0 unspecified atom stereocenters. The van der Waals surface area contributed by atoms with Gasteiger partial charge in [0.15, 0.2) is 0 Å². The molecule has 0 aliphatic carbocycles. The molecule has 0 aliphatic rings. The number of benzene rings is 2. The molecule has 0 fully saturated rings. The lowest BCUT2D eigenvalue weighted by atomic mass is 10.2. The first-order valence-electron chi connectivity index (χ1n) is 6.31. The number of carbonyl (C=O) groups is 2. The molecule has 10 nitrogen and oxygen atoms in total. The first kappa shape index (κ1) is 16.5. The molecule has 0 aromatic heterocycles. The zero-order valence-corrected chi connectivity index (χ0v) is 11.8. The number of nitro benzene ring substituents is 2. The molecule has 0 N–H and O–H groups in total. The third kappa shape index (κ3) is 3.68. The van der Waals surface area contributed by atoms with Gasteiger partial charge in [0, 0.05) is 18.2 Å². The highest BCUT2D eigenvalue weighted by Gasteiger charge is 2.23. The van der Waals surface area contributed by atoms with Crippen molar-refractivity contribution in [1.82, 2.24) is 0 Å². The second kappa shape index (κ2) is 6.96. The molecule has 0 radical (unpaired) electrons. The Morgan fingerprint density at radius 2 is 1.38 bits per heavy atom. The van der Waals surface area contributed by atoms with Crippen molar-refractivity contribution < 1.29 is 29.2 Å². The van der Waals surface area contributed by atoms with Crippen molar-refractivity contribution in [2.75, 3.05) is 0 Å². The minimum atomic E-state index is -1.22. The Morgan fingerprint density at radius 1 is 0.792 bits per heavy atom. The number of nitrogens with zero attached hydrogens (tertiary/aromatic N) is 2. The summed E-state index contributed by atoms with van der Waals surface area (Å²) in [6, 6.07) is 9.33. The van der Waals surface area contributed by atoms with Crippen LogP contribution in [-0.2, 0) is 9.78 Å². The van der Waals surface area contributed by atoms with Crippen molar-refractivity contribution in [3.8, 4) is 0 Å². The van der Waals surface area contributed by atoms with Crippen molar-refractivity contribution in [2.45, 2.75) is 0 Å². The number of nitro groups is 2. The first-order chi connectivity index (χ1) is 11.4. The van der Waals surface area contributed by atoms with E-state index in [0.717, 1.165) is 36.4 Å². The minimum Gasteiger partial charge on any atom is -0.258 e. The summed E-state index contributed by atoms with van der Waals surface area (Å²) in [6.07, 6.45) is 0. The number of hydrogen-bond acceptors (Lipinski definition) is 8. The Morgan fingerprint density at radius 3 is 1.96 bits per heavy atom. The molecule has 0 bridgehead atoms. The Hall–Kier alpha value is -3.82. The van der Waals surface area contributed by atoms with Crippen LogP contribution in [0.4, 0.5) is 11.4 Å². The third-order valence-electron chi connectivity index (χ3n) is 2.83. The molecule has 2 rings (SSSR count). The summed E-state index contributed by atoms with van der Waals surface area (Å²) < 4.78 is 0. The van der Waals surface area contributed by atoms with E-state index < -0.39 is 27.5 Å². The highest BCUT2D eigenvalue weighted by atomic mass is 17.2. The molecule has 0 spiro atoms. The lowest BCUT2D eigenvalue weighted by Crippen LogP contribution is -2.13. The smallest absolute Gasteiger partial charge is 0.258 e. The number of para-hydroxylation sites is 1. The summed E-state index contributed by atoms with van der Waals surface area (Å²) in [5.41, 5.74) is -1.23. The normalized spacial score (nSPS) is 9.83. The topological polar surface area (TPSA) is 139 Å². The van der Waals surface area contributed by atoms with E-state index in [1.165, 1.54) is 12.1 Å². The van der Waals surface area contributed by atoms with Gasteiger partial charge in [-0.2, -0.15) is 0 Å². The Balaban J connectivity index is 2.05. The summed E-state index contributed by atoms with van der Waals surface area (Å²) >= 11 is 0. The molecule has 0 amide bonds. The molecule has 0 saturated heterocycles. The van der Waals surface area contributed by atoms with Gasteiger partial charge in [0.25, 0.3) is 11.4 Å². The molecule has 0 heterocycles. The van der Waals surface area contributed by atoms with Crippen LogP contribution in [0.3, 0.4) is 0 Å². The van der Waals surface area contributed by atoms with Crippen LogP contribution in [0, 0.1) is 20.2 Å². The average Bonchev–Trinajstić information content (AvgIpc) is 2.59. The fourth-order valence-corrected chi connectivity index (χ4v) is 1.69. The van der Waals surface area contributed by atoms with Crippen LogP contribution in [0.5, 0.6) is 0 Å². The van der Waals surface area contributed by atoms with Crippen LogP contribution in [0.2, 0.25) is 0 Å². The molecule has 0 atom stereocenters. The highest BCUT2D eigenvalue weighted by Crippen LogP contribution is 2.19. The van der Waals surface area contributed by atoms with Gasteiger partial charge in [-0.1, -0.05) is 12.1 Å². The van der Waals surface area contributed by atoms with Gasteiger partial charge in [0.05, 0.1) is 15.4 Å². The maximum Gasteiger partial charge on any atom is 0.393 e. The molecular formula is C14H8N2O8. The molecule has 122 valence electrons. The fraction of sp³-hybridized carbons (Fsp3) is 0. The van der Waals surface area contributed by atoms with Crippen LogP contribution in [-0.4, -0.2) is 21.8 Å². The van der Waals surface area contributed by atoms with E-state index in [4.69, 9.17) is 0 Å². The van der Waals surface area contributed by atoms with Crippen molar-refractivity contribution in [3.05, 3.63) is 79.9 Å². The lowest BCUT2D eigenvalue weighted by molar-refractivity contribution is -0.385. The van der Waals surface area contributed by atoms with Gasteiger partial charge in [0.2, 0.25) is 0 Å². The number of hydrogen-bond donors (Lipinski definition) is 0. The van der Waals surface area contributed by atoms with Crippen molar-refractivity contribution in [2.24, 2.45) is 0 Å². The summed E-state index contributed by atoms with van der Waals surface area (Å²) in [5, 5.41) is 21.3. The maximum atomic E-state index is 11.8. The predicted molar refractivity (Wildman–Crippen MR) is 77.0 cm³/mol. The number of carbonyl (C=O) groups excluding carboxylic acids is 2. The van der Waals surface area contributed by atoms with Crippen LogP contribution in [0.15, 0.2) is 48.5 Å². The SMILES string of the molecule is O=C(OOC(=O)c1ccccc1[N+](=O)[O-])c1ccc([N+](=O)[O-])cc1. The van der Waals surface area contributed by atoms with Crippen LogP contribution < -0.4 is 0 Å². The average molecular weight is 332 g/mol. The summed E-state index contributed by atoms with van der Waals surface area (Å²) in [4.78, 5) is 51.9. The zero-order valence-electron chi connectivity index (χ0n) is 11.8. The first-order valence-corrected chi connectivity index (χ1v) is 6.31. The minimum absolute atomic E-state index is 0.101. The van der Waals surface area contributed by atoms with Gasteiger partial charge < -0.3 is 0 Å². The van der Waals surface area contributed by atoms with Crippen molar-refractivity contribution in [1.29, 1.82) is 0 Å². The molecule has 2 aromatic rings. The largest absolute Gasteiger partial charge is 0.393 e. The van der Waals surface area contributed by atoms with Gasteiger partial charge in [-0.3, -0.25) is 20.2 Å².